The van der Waals surface area contributed by atoms with Crippen molar-refractivity contribution in [3.63, 3.8) is 0 Å². The number of likely N-dealkylation sites (N-methyl/N-ethyl adjacent to an activating group) is 1. The van der Waals surface area contributed by atoms with Crippen molar-refractivity contribution in [1.29, 1.82) is 0 Å². The lowest BCUT2D eigenvalue weighted by Gasteiger charge is -2.45. The highest BCUT2D eigenvalue weighted by Crippen LogP contribution is 2.16. The molecular formula is C12H24F3N3. The molecule has 1 aliphatic heterocycles. The van der Waals surface area contributed by atoms with Gasteiger partial charge in [-0.3, -0.25) is 9.80 Å². The van der Waals surface area contributed by atoms with E-state index >= 15 is 0 Å². The predicted molar refractivity (Wildman–Crippen MR) is 66.6 cm³/mol. The van der Waals surface area contributed by atoms with Crippen LogP contribution in [0.5, 0.6) is 0 Å². The number of nitrogens with one attached hydrogen (secondary N) is 1. The number of rotatable bonds is 4. The average molecular weight is 267 g/mol. The molecular weight excluding hydrogens is 243 g/mol. The third-order valence-electron chi connectivity index (χ3n) is 3.78. The SMILES string of the molecule is CC(CNCC(F)(F)F)N1CC(C)N(C)C(C)C1. The number of hydrogen-bond acceptors (Lipinski definition) is 3. The zero-order valence-corrected chi connectivity index (χ0v) is 11.6. The summed E-state index contributed by atoms with van der Waals surface area (Å²) in [5, 5.41) is 2.48. The first-order valence-electron chi connectivity index (χ1n) is 6.44. The molecule has 0 amide bonds. The summed E-state index contributed by atoms with van der Waals surface area (Å²) in [7, 11) is 2.10. The standard InChI is InChI=1S/C12H24F3N3/c1-9(5-16-8-12(13,14)15)18-6-10(2)17(4)11(3)7-18/h9-11,16H,5-8H2,1-4H3. The summed E-state index contributed by atoms with van der Waals surface area (Å²) in [4.78, 5) is 4.57. The Morgan fingerprint density at radius 1 is 1.22 bits per heavy atom. The Kier molecular flexibility index (Phi) is 5.43. The molecule has 3 atom stereocenters. The number of piperazine rings is 1. The fraction of sp³-hybridized carbons (Fsp3) is 1.00. The molecule has 1 fully saturated rings. The molecule has 3 unspecified atom stereocenters. The molecule has 0 aliphatic carbocycles. The summed E-state index contributed by atoms with van der Waals surface area (Å²) in [6, 6.07) is 1.02. The minimum Gasteiger partial charge on any atom is -0.307 e. The fourth-order valence-corrected chi connectivity index (χ4v) is 2.36. The molecule has 0 aromatic heterocycles. The molecule has 0 saturated carbocycles. The van der Waals surface area contributed by atoms with E-state index in [-0.39, 0.29) is 6.04 Å². The maximum atomic E-state index is 12.0. The van der Waals surface area contributed by atoms with Gasteiger partial charge in [-0.2, -0.15) is 13.2 Å². The first kappa shape index (κ1) is 15.7. The van der Waals surface area contributed by atoms with E-state index in [2.05, 4.69) is 36.0 Å². The van der Waals surface area contributed by atoms with Crippen LogP contribution in [0, 0.1) is 0 Å². The van der Waals surface area contributed by atoms with E-state index in [0.29, 0.717) is 18.6 Å². The van der Waals surface area contributed by atoms with Crippen molar-refractivity contribution in [2.75, 3.05) is 33.2 Å². The van der Waals surface area contributed by atoms with Crippen molar-refractivity contribution >= 4 is 0 Å². The summed E-state index contributed by atoms with van der Waals surface area (Å²) < 4.78 is 36.1. The van der Waals surface area contributed by atoms with Gasteiger partial charge in [0.1, 0.15) is 0 Å². The zero-order chi connectivity index (χ0) is 13.9. The molecule has 0 radical (unpaired) electrons. The van der Waals surface area contributed by atoms with E-state index < -0.39 is 12.7 Å². The van der Waals surface area contributed by atoms with Crippen molar-refractivity contribution in [3.8, 4) is 0 Å². The summed E-state index contributed by atoms with van der Waals surface area (Å²) in [6.45, 7) is 7.58. The number of nitrogens with zero attached hydrogens (tertiary/aromatic N) is 2. The van der Waals surface area contributed by atoms with Gasteiger partial charge in [0.2, 0.25) is 0 Å². The largest absolute Gasteiger partial charge is 0.401 e. The number of hydrogen-bond donors (Lipinski definition) is 1. The Morgan fingerprint density at radius 3 is 2.17 bits per heavy atom. The molecule has 1 heterocycles. The van der Waals surface area contributed by atoms with E-state index in [1.807, 2.05) is 6.92 Å². The monoisotopic (exact) mass is 267 g/mol. The molecule has 1 saturated heterocycles. The molecule has 1 N–H and O–H groups in total. The Balaban J connectivity index is 2.36. The fourth-order valence-electron chi connectivity index (χ4n) is 2.36. The lowest BCUT2D eigenvalue weighted by molar-refractivity contribution is -0.125. The van der Waals surface area contributed by atoms with Crippen LogP contribution in [0.25, 0.3) is 0 Å². The van der Waals surface area contributed by atoms with Crippen LogP contribution in [-0.2, 0) is 0 Å². The minimum absolute atomic E-state index is 0.131. The van der Waals surface area contributed by atoms with E-state index in [4.69, 9.17) is 0 Å². The molecule has 6 heteroatoms. The first-order chi connectivity index (χ1) is 8.20. The van der Waals surface area contributed by atoms with E-state index in [9.17, 15) is 13.2 Å². The van der Waals surface area contributed by atoms with Gasteiger partial charge >= 0.3 is 6.18 Å². The second-order valence-electron chi connectivity index (χ2n) is 5.41. The molecule has 0 bridgehead atoms. The van der Waals surface area contributed by atoms with Crippen LogP contribution >= 0.6 is 0 Å². The van der Waals surface area contributed by atoms with Gasteiger partial charge in [0.05, 0.1) is 6.54 Å². The molecule has 0 aromatic rings. The molecule has 0 aromatic carbocycles. The van der Waals surface area contributed by atoms with Crippen molar-refractivity contribution < 1.29 is 13.2 Å². The number of alkyl halides is 3. The van der Waals surface area contributed by atoms with Gasteiger partial charge in [-0.05, 0) is 27.8 Å². The molecule has 18 heavy (non-hydrogen) atoms. The number of halogens is 3. The highest BCUT2D eigenvalue weighted by atomic mass is 19.4. The van der Waals surface area contributed by atoms with Crippen LogP contribution in [0.4, 0.5) is 13.2 Å². The van der Waals surface area contributed by atoms with Gasteiger partial charge < -0.3 is 5.32 Å². The summed E-state index contributed by atoms with van der Waals surface area (Å²) >= 11 is 0. The van der Waals surface area contributed by atoms with Crippen LogP contribution in [0.2, 0.25) is 0 Å². The Labute approximate surface area is 107 Å². The molecule has 0 spiro atoms. The Morgan fingerprint density at radius 2 is 1.72 bits per heavy atom. The summed E-state index contributed by atoms with van der Waals surface area (Å²) in [6.07, 6.45) is -4.12. The smallest absolute Gasteiger partial charge is 0.307 e. The molecule has 1 rings (SSSR count). The third kappa shape index (κ3) is 4.74. The summed E-state index contributed by atoms with van der Waals surface area (Å²) in [5.74, 6) is 0. The maximum absolute atomic E-state index is 12.0. The van der Waals surface area contributed by atoms with Crippen LogP contribution in [-0.4, -0.2) is 67.3 Å². The third-order valence-corrected chi connectivity index (χ3v) is 3.78. The van der Waals surface area contributed by atoms with Crippen molar-refractivity contribution in [2.24, 2.45) is 0 Å². The second kappa shape index (κ2) is 6.21. The van der Waals surface area contributed by atoms with Gasteiger partial charge in [-0.1, -0.05) is 0 Å². The second-order valence-corrected chi connectivity index (χ2v) is 5.41. The first-order valence-corrected chi connectivity index (χ1v) is 6.44. The molecule has 3 nitrogen and oxygen atoms in total. The Hall–Kier alpha value is -0.330. The van der Waals surface area contributed by atoms with Crippen molar-refractivity contribution in [2.45, 2.75) is 45.1 Å². The molecule has 108 valence electrons. The van der Waals surface area contributed by atoms with Gasteiger partial charge in [0.25, 0.3) is 0 Å². The average Bonchev–Trinajstić information content (AvgIpc) is 2.23. The van der Waals surface area contributed by atoms with Crippen molar-refractivity contribution in [3.05, 3.63) is 0 Å². The highest BCUT2D eigenvalue weighted by Gasteiger charge is 2.30. The lowest BCUT2D eigenvalue weighted by Crippen LogP contribution is -2.58. The van der Waals surface area contributed by atoms with Gasteiger partial charge in [0.15, 0.2) is 0 Å². The highest BCUT2D eigenvalue weighted by molar-refractivity contribution is 4.85. The zero-order valence-electron chi connectivity index (χ0n) is 11.6. The van der Waals surface area contributed by atoms with Gasteiger partial charge in [-0.25, -0.2) is 0 Å². The minimum atomic E-state index is -4.12. The normalized spacial score (nSPS) is 29.5. The Bertz CT molecular complexity index is 245. The maximum Gasteiger partial charge on any atom is 0.401 e. The van der Waals surface area contributed by atoms with Crippen LogP contribution in [0.3, 0.4) is 0 Å². The van der Waals surface area contributed by atoms with Gasteiger partial charge in [0, 0.05) is 37.8 Å². The quantitative estimate of drug-likeness (QED) is 0.834. The van der Waals surface area contributed by atoms with E-state index in [0.717, 1.165) is 13.1 Å². The van der Waals surface area contributed by atoms with Crippen LogP contribution in [0.15, 0.2) is 0 Å². The molecule has 1 aliphatic rings. The van der Waals surface area contributed by atoms with Crippen LogP contribution < -0.4 is 5.32 Å². The van der Waals surface area contributed by atoms with E-state index in [1.54, 1.807) is 0 Å². The van der Waals surface area contributed by atoms with Gasteiger partial charge in [-0.15, -0.1) is 0 Å². The van der Waals surface area contributed by atoms with Crippen molar-refractivity contribution in [1.82, 2.24) is 15.1 Å². The topological polar surface area (TPSA) is 18.5 Å². The van der Waals surface area contributed by atoms with Crippen LogP contribution in [0.1, 0.15) is 20.8 Å². The lowest BCUT2D eigenvalue weighted by atomic mass is 10.1. The summed E-state index contributed by atoms with van der Waals surface area (Å²) in [5.41, 5.74) is 0. The van der Waals surface area contributed by atoms with E-state index in [1.165, 1.54) is 0 Å². The predicted octanol–water partition coefficient (Wildman–Crippen LogP) is 1.55.